The molecule has 0 aliphatic rings. The van der Waals surface area contributed by atoms with Crippen molar-refractivity contribution in [2.24, 2.45) is 0 Å². The molecular formula is C13H20N2O3. The SMILES string of the molecule is CCOc1ccc(NCC(=O)NCCOC)cc1. The van der Waals surface area contributed by atoms with Crippen LogP contribution in [0.2, 0.25) is 0 Å². The Morgan fingerprint density at radius 3 is 2.61 bits per heavy atom. The molecule has 0 bridgehead atoms. The van der Waals surface area contributed by atoms with Gasteiger partial charge in [0.15, 0.2) is 0 Å². The van der Waals surface area contributed by atoms with E-state index in [1.807, 2.05) is 31.2 Å². The number of methoxy groups -OCH3 is 1. The van der Waals surface area contributed by atoms with Gasteiger partial charge in [0.25, 0.3) is 0 Å². The Labute approximate surface area is 107 Å². The van der Waals surface area contributed by atoms with E-state index in [2.05, 4.69) is 10.6 Å². The molecule has 2 N–H and O–H groups in total. The van der Waals surface area contributed by atoms with Crippen LogP contribution in [0.4, 0.5) is 5.69 Å². The number of ether oxygens (including phenoxy) is 2. The lowest BCUT2D eigenvalue weighted by Gasteiger charge is -2.08. The largest absolute Gasteiger partial charge is 0.494 e. The summed E-state index contributed by atoms with van der Waals surface area (Å²) in [4.78, 5) is 11.4. The average Bonchev–Trinajstić information content (AvgIpc) is 2.39. The summed E-state index contributed by atoms with van der Waals surface area (Å²) in [5, 5.41) is 5.77. The molecule has 5 heteroatoms. The second-order valence-corrected chi connectivity index (χ2v) is 3.65. The molecule has 5 nitrogen and oxygen atoms in total. The number of rotatable bonds is 8. The summed E-state index contributed by atoms with van der Waals surface area (Å²) in [7, 11) is 1.60. The van der Waals surface area contributed by atoms with Crippen LogP contribution in [0.1, 0.15) is 6.92 Å². The number of carbonyl (C=O) groups is 1. The highest BCUT2D eigenvalue weighted by Gasteiger charge is 2.00. The second kappa shape index (κ2) is 8.36. The molecule has 0 spiro atoms. The van der Waals surface area contributed by atoms with Crippen LogP contribution in [0.5, 0.6) is 5.75 Å². The molecule has 0 radical (unpaired) electrons. The van der Waals surface area contributed by atoms with Crippen molar-refractivity contribution in [2.45, 2.75) is 6.92 Å². The molecule has 1 rings (SSSR count). The van der Waals surface area contributed by atoms with E-state index in [9.17, 15) is 4.79 Å². The average molecular weight is 252 g/mol. The van der Waals surface area contributed by atoms with Gasteiger partial charge >= 0.3 is 0 Å². The van der Waals surface area contributed by atoms with E-state index in [1.54, 1.807) is 7.11 Å². The van der Waals surface area contributed by atoms with Crippen LogP contribution >= 0.6 is 0 Å². The number of nitrogens with one attached hydrogen (secondary N) is 2. The van der Waals surface area contributed by atoms with Crippen LogP contribution in [0, 0.1) is 0 Å². The minimum atomic E-state index is -0.0547. The number of anilines is 1. The fraction of sp³-hybridized carbons (Fsp3) is 0.462. The molecule has 0 aliphatic heterocycles. The van der Waals surface area contributed by atoms with E-state index >= 15 is 0 Å². The molecular weight excluding hydrogens is 232 g/mol. The van der Waals surface area contributed by atoms with Gasteiger partial charge in [-0.15, -0.1) is 0 Å². The monoisotopic (exact) mass is 252 g/mol. The normalized spacial score (nSPS) is 9.89. The summed E-state index contributed by atoms with van der Waals surface area (Å²) < 4.78 is 10.2. The number of hydrogen-bond donors (Lipinski definition) is 2. The Kier molecular flexibility index (Phi) is 6.64. The maximum Gasteiger partial charge on any atom is 0.239 e. The van der Waals surface area contributed by atoms with Crippen LogP contribution in [-0.4, -0.2) is 39.3 Å². The summed E-state index contributed by atoms with van der Waals surface area (Å²) in [5.41, 5.74) is 0.889. The van der Waals surface area contributed by atoms with Gasteiger partial charge in [-0.2, -0.15) is 0 Å². The lowest BCUT2D eigenvalue weighted by molar-refractivity contribution is -0.119. The van der Waals surface area contributed by atoms with Gasteiger partial charge in [0.2, 0.25) is 5.91 Å². The molecule has 0 atom stereocenters. The van der Waals surface area contributed by atoms with Gasteiger partial charge in [-0.3, -0.25) is 4.79 Å². The van der Waals surface area contributed by atoms with Crippen molar-refractivity contribution in [3.8, 4) is 5.75 Å². The van der Waals surface area contributed by atoms with E-state index in [1.165, 1.54) is 0 Å². The van der Waals surface area contributed by atoms with Crippen molar-refractivity contribution in [3.05, 3.63) is 24.3 Å². The molecule has 1 aromatic rings. The van der Waals surface area contributed by atoms with Gasteiger partial charge in [0.1, 0.15) is 5.75 Å². The lowest BCUT2D eigenvalue weighted by atomic mass is 10.3. The Bertz CT molecular complexity index is 352. The first-order chi connectivity index (χ1) is 8.76. The summed E-state index contributed by atoms with van der Waals surface area (Å²) in [6, 6.07) is 7.50. The molecule has 0 aliphatic carbocycles. The smallest absolute Gasteiger partial charge is 0.239 e. The van der Waals surface area contributed by atoms with Crippen LogP contribution in [0.3, 0.4) is 0 Å². The van der Waals surface area contributed by atoms with Gasteiger partial charge in [0.05, 0.1) is 19.8 Å². The predicted molar refractivity (Wildman–Crippen MR) is 71.0 cm³/mol. The molecule has 0 heterocycles. The van der Waals surface area contributed by atoms with Gasteiger partial charge in [-0.05, 0) is 31.2 Å². The fourth-order valence-electron chi connectivity index (χ4n) is 1.37. The van der Waals surface area contributed by atoms with E-state index in [0.29, 0.717) is 19.8 Å². The minimum absolute atomic E-state index is 0.0547. The van der Waals surface area contributed by atoms with Crippen molar-refractivity contribution in [1.29, 1.82) is 0 Å². The van der Waals surface area contributed by atoms with Crippen LogP contribution in [0.15, 0.2) is 24.3 Å². The standard InChI is InChI=1S/C13H20N2O3/c1-3-18-12-6-4-11(5-7-12)15-10-13(16)14-8-9-17-2/h4-7,15H,3,8-10H2,1-2H3,(H,14,16). The summed E-state index contributed by atoms with van der Waals surface area (Å²) in [6.45, 7) is 3.89. The topological polar surface area (TPSA) is 59.6 Å². The predicted octanol–water partition coefficient (Wildman–Crippen LogP) is 1.26. The van der Waals surface area contributed by atoms with Crippen molar-refractivity contribution in [2.75, 3.05) is 38.7 Å². The zero-order chi connectivity index (χ0) is 13.2. The Morgan fingerprint density at radius 1 is 1.28 bits per heavy atom. The minimum Gasteiger partial charge on any atom is -0.494 e. The summed E-state index contributed by atoms with van der Waals surface area (Å²) in [6.07, 6.45) is 0. The summed E-state index contributed by atoms with van der Waals surface area (Å²) >= 11 is 0. The molecule has 1 amide bonds. The number of carbonyl (C=O) groups excluding carboxylic acids is 1. The van der Waals surface area contributed by atoms with Crippen molar-refractivity contribution in [1.82, 2.24) is 5.32 Å². The third-order valence-electron chi connectivity index (χ3n) is 2.25. The molecule has 0 aromatic heterocycles. The number of amides is 1. The first-order valence-electron chi connectivity index (χ1n) is 5.98. The third-order valence-corrected chi connectivity index (χ3v) is 2.25. The zero-order valence-corrected chi connectivity index (χ0v) is 10.9. The molecule has 0 unspecified atom stereocenters. The van der Waals surface area contributed by atoms with Gasteiger partial charge in [-0.1, -0.05) is 0 Å². The highest BCUT2D eigenvalue weighted by molar-refractivity contribution is 5.80. The van der Waals surface area contributed by atoms with Gasteiger partial charge in [-0.25, -0.2) is 0 Å². The summed E-state index contributed by atoms with van der Waals surface area (Å²) in [5.74, 6) is 0.772. The highest BCUT2D eigenvalue weighted by atomic mass is 16.5. The fourth-order valence-corrected chi connectivity index (χ4v) is 1.37. The molecule has 0 fully saturated rings. The second-order valence-electron chi connectivity index (χ2n) is 3.65. The van der Waals surface area contributed by atoms with E-state index in [0.717, 1.165) is 11.4 Å². The Hall–Kier alpha value is -1.75. The third kappa shape index (κ3) is 5.54. The Morgan fingerprint density at radius 2 is 2.00 bits per heavy atom. The molecule has 1 aromatic carbocycles. The zero-order valence-electron chi connectivity index (χ0n) is 10.9. The highest BCUT2D eigenvalue weighted by Crippen LogP contribution is 2.15. The molecule has 18 heavy (non-hydrogen) atoms. The number of benzene rings is 1. The molecule has 100 valence electrons. The van der Waals surface area contributed by atoms with Crippen molar-refractivity contribution < 1.29 is 14.3 Å². The van der Waals surface area contributed by atoms with E-state index in [-0.39, 0.29) is 12.5 Å². The molecule has 0 saturated carbocycles. The van der Waals surface area contributed by atoms with Crippen molar-refractivity contribution >= 4 is 11.6 Å². The van der Waals surface area contributed by atoms with Crippen LogP contribution in [-0.2, 0) is 9.53 Å². The number of hydrogen-bond acceptors (Lipinski definition) is 4. The van der Waals surface area contributed by atoms with E-state index in [4.69, 9.17) is 9.47 Å². The first-order valence-corrected chi connectivity index (χ1v) is 5.98. The van der Waals surface area contributed by atoms with Crippen molar-refractivity contribution in [3.63, 3.8) is 0 Å². The van der Waals surface area contributed by atoms with Gasteiger partial charge in [0, 0.05) is 19.3 Å². The Balaban J connectivity index is 2.27. The quantitative estimate of drug-likeness (QED) is 0.684. The van der Waals surface area contributed by atoms with Gasteiger partial charge < -0.3 is 20.1 Å². The van der Waals surface area contributed by atoms with Crippen LogP contribution in [0.25, 0.3) is 0 Å². The van der Waals surface area contributed by atoms with E-state index < -0.39 is 0 Å². The first kappa shape index (κ1) is 14.3. The lowest BCUT2D eigenvalue weighted by Crippen LogP contribution is -2.32. The molecule has 0 saturated heterocycles. The van der Waals surface area contributed by atoms with Crippen LogP contribution < -0.4 is 15.4 Å². The maximum absolute atomic E-state index is 11.4. The maximum atomic E-state index is 11.4.